The number of amides is 1. The molecule has 6 heteroatoms. The van der Waals surface area contributed by atoms with Crippen LogP contribution in [0.3, 0.4) is 0 Å². The fourth-order valence-electron chi connectivity index (χ4n) is 3.02. The molecule has 2 aliphatic rings. The number of anilines is 1. The van der Waals surface area contributed by atoms with Crippen LogP contribution < -0.4 is 4.90 Å². The molecule has 1 aromatic carbocycles. The van der Waals surface area contributed by atoms with Gasteiger partial charge in [0, 0.05) is 19.4 Å². The van der Waals surface area contributed by atoms with Gasteiger partial charge in [-0.25, -0.2) is 4.79 Å². The number of hydrogen-bond acceptors (Lipinski definition) is 4. The van der Waals surface area contributed by atoms with Gasteiger partial charge in [-0.05, 0) is 43.9 Å². The van der Waals surface area contributed by atoms with Crippen LogP contribution in [0.25, 0.3) is 0 Å². The fraction of sp³-hybridized carbons (Fsp3) is 0.471. The third-order valence-corrected chi connectivity index (χ3v) is 4.61. The Kier molecular flexibility index (Phi) is 4.66. The van der Waals surface area contributed by atoms with Crippen LogP contribution >= 0.6 is 11.6 Å². The Hall–Kier alpha value is -1.88. The van der Waals surface area contributed by atoms with Gasteiger partial charge in [0.25, 0.3) is 0 Å². The molecule has 0 aromatic heterocycles. The second kappa shape index (κ2) is 6.71. The molecule has 1 aromatic rings. The van der Waals surface area contributed by atoms with E-state index >= 15 is 0 Å². The Morgan fingerprint density at radius 3 is 2.70 bits per heavy atom. The van der Waals surface area contributed by atoms with Crippen molar-refractivity contribution in [3.05, 3.63) is 28.8 Å². The monoisotopic (exact) mass is 335 g/mol. The smallest absolute Gasteiger partial charge is 0.338 e. The van der Waals surface area contributed by atoms with E-state index in [2.05, 4.69) is 0 Å². The summed E-state index contributed by atoms with van der Waals surface area (Å²) in [6, 6.07) is 4.71. The van der Waals surface area contributed by atoms with Crippen molar-refractivity contribution in [3.63, 3.8) is 0 Å². The van der Waals surface area contributed by atoms with Gasteiger partial charge in [0.1, 0.15) is 0 Å². The number of carbonyl (C=O) groups excluding carboxylic acids is 3. The maximum absolute atomic E-state index is 12.3. The number of hydrogen-bond donors (Lipinski definition) is 0. The Labute approximate surface area is 139 Å². The van der Waals surface area contributed by atoms with Crippen molar-refractivity contribution in [3.8, 4) is 0 Å². The van der Waals surface area contributed by atoms with Gasteiger partial charge in [-0.3, -0.25) is 9.59 Å². The van der Waals surface area contributed by atoms with Crippen LogP contribution in [0.5, 0.6) is 0 Å². The van der Waals surface area contributed by atoms with E-state index in [0.29, 0.717) is 42.1 Å². The lowest BCUT2D eigenvalue weighted by Crippen LogP contribution is -2.30. The molecule has 0 radical (unpaired) electrons. The number of carbonyl (C=O) groups is 3. The van der Waals surface area contributed by atoms with Crippen LogP contribution in [-0.4, -0.2) is 30.3 Å². The zero-order valence-electron chi connectivity index (χ0n) is 12.7. The van der Waals surface area contributed by atoms with Crippen LogP contribution in [-0.2, 0) is 14.3 Å². The van der Waals surface area contributed by atoms with Crippen molar-refractivity contribution in [1.82, 2.24) is 0 Å². The lowest BCUT2D eigenvalue weighted by molar-refractivity contribution is -0.129. The van der Waals surface area contributed by atoms with Crippen LogP contribution in [0.2, 0.25) is 5.02 Å². The minimum atomic E-state index is -0.649. The van der Waals surface area contributed by atoms with E-state index in [9.17, 15) is 14.4 Å². The van der Waals surface area contributed by atoms with Gasteiger partial charge in [-0.1, -0.05) is 11.6 Å². The van der Waals surface area contributed by atoms with E-state index in [-0.39, 0.29) is 11.7 Å². The Balaban J connectivity index is 1.78. The van der Waals surface area contributed by atoms with E-state index in [1.807, 2.05) is 0 Å². The molecule has 1 amide bonds. The summed E-state index contributed by atoms with van der Waals surface area (Å²) in [7, 11) is 0. The first kappa shape index (κ1) is 16.0. The van der Waals surface area contributed by atoms with Crippen LogP contribution in [0.1, 0.15) is 48.9 Å². The molecule has 1 aliphatic heterocycles. The van der Waals surface area contributed by atoms with Gasteiger partial charge in [0.15, 0.2) is 11.9 Å². The minimum absolute atomic E-state index is 0.000115. The molecule has 1 aliphatic carbocycles. The molecule has 1 atom stereocenters. The first-order chi connectivity index (χ1) is 11.1. The van der Waals surface area contributed by atoms with Crippen molar-refractivity contribution < 1.29 is 19.1 Å². The van der Waals surface area contributed by atoms with Crippen LogP contribution in [0, 0.1) is 0 Å². The number of benzene rings is 1. The average Bonchev–Trinajstić information content (AvgIpc) is 2.96. The molecule has 5 nitrogen and oxygen atoms in total. The largest absolute Gasteiger partial charge is 0.451 e. The van der Waals surface area contributed by atoms with Crippen LogP contribution in [0.4, 0.5) is 5.69 Å². The maximum atomic E-state index is 12.3. The molecule has 1 saturated heterocycles. The molecule has 23 heavy (non-hydrogen) atoms. The Morgan fingerprint density at radius 2 is 2.00 bits per heavy atom. The first-order valence-corrected chi connectivity index (χ1v) is 8.27. The number of esters is 1. The van der Waals surface area contributed by atoms with Gasteiger partial charge < -0.3 is 9.64 Å². The third kappa shape index (κ3) is 3.39. The van der Waals surface area contributed by atoms with Crippen molar-refractivity contribution >= 4 is 34.9 Å². The van der Waals surface area contributed by atoms with E-state index in [0.717, 1.165) is 19.3 Å². The summed E-state index contributed by atoms with van der Waals surface area (Å²) in [5.41, 5.74) is 0.834. The zero-order valence-corrected chi connectivity index (χ0v) is 13.5. The molecule has 0 spiro atoms. The number of ether oxygens (including phenoxy) is 1. The molecular weight excluding hydrogens is 318 g/mol. The van der Waals surface area contributed by atoms with Crippen molar-refractivity contribution in [1.29, 1.82) is 0 Å². The molecule has 2 fully saturated rings. The highest BCUT2D eigenvalue weighted by atomic mass is 35.5. The van der Waals surface area contributed by atoms with E-state index < -0.39 is 12.1 Å². The summed E-state index contributed by atoms with van der Waals surface area (Å²) in [4.78, 5) is 37.5. The van der Waals surface area contributed by atoms with Gasteiger partial charge in [0.2, 0.25) is 5.91 Å². The lowest BCUT2D eigenvalue weighted by Gasteiger charge is -2.21. The molecular formula is C17H18ClNO4. The Bertz CT molecular complexity index is 658. The number of Topliss-reactive ketones (excluding diaryl/α,β-unsaturated/α-hetero) is 1. The molecule has 3 rings (SSSR count). The van der Waals surface area contributed by atoms with Crippen molar-refractivity contribution in [2.24, 2.45) is 0 Å². The summed E-state index contributed by atoms with van der Waals surface area (Å²) in [6.45, 7) is 0.595. The van der Waals surface area contributed by atoms with Crippen LogP contribution in [0.15, 0.2) is 18.2 Å². The third-order valence-electron chi connectivity index (χ3n) is 4.29. The van der Waals surface area contributed by atoms with Gasteiger partial charge in [0.05, 0.1) is 16.3 Å². The predicted molar refractivity (Wildman–Crippen MR) is 85.7 cm³/mol. The second-order valence-electron chi connectivity index (χ2n) is 5.92. The first-order valence-electron chi connectivity index (χ1n) is 7.90. The predicted octanol–water partition coefficient (Wildman–Crippen LogP) is 3.14. The summed E-state index contributed by atoms with van der Waals surface area (Å²) >= 11 is 6.16. The standard InChI is InChI=1S/C17H18ClNO4/c18-12-8-7-11(10-13(12)19-9-3-6-16(19)21)17(22)23-15-5-2-1-4-14(15)20/h7-8,10,15H,1-6,9H2/t15-/m0/s1. The highest BCUT2D eigenvalue weighted by Gasteiger charge is 2.28. The number of ketones is 1. The number of nitrogens with zero attached hydrogens (tertiary/aromatic N) is 1. The van der Waals surface area contributed by atoms with E-state index in [4.69, 9.17) is 16.3 Å². The molecule has 0 bridgehead atoms. The summed E-state index contributed by atoms with van der Waals surface area (Å²) < 4.78 is 5.34. The minimum Gasteiger partial charge on any atom is -0.451 e. The Morgan fingerprint density at radius 1 is 1.17 bits per heavy atom. The topological polar surface area (TPSA) is 63.7 Å². The van der Waals surface area contributed by atoms with Gasteiger partial charge in [-0.15, -0.1) is 0 Å². The molecule has 122 valence electrons. The molecule has 1 heterocycles. The van der Waals surface area contributed by atoms with Gasteiger partial charge >= 0.3 is 5.97 Å². The molecule has 0 unspecified atom stereocenters. The van der Waals surface area contributed by atoms with E-state index in [1.54, 1.807) is 23.1 Å². The maximum Gasteiger partial charge on any atom is 0.338 e. The lowest BCUT2D eigenvalue weighted by atomic mass is 9.96. The fourth-order valence-corrected chi connectivity index (χ4v) is 3.24. The average molecular weight is 336 g/mol. The quantitative estimate of drug-likeness (QED) is 0.796. The van der Waals surface area contributed by atoms with Gasteiger partial charge in [-0.2, -0.15) is 0 Å². The normalized spacial score (nSPS) is 21.6. The van der Waals surface area contributed by atoms with Crippen molar-refractivity contribution in [2.75, 3.05) is 11.4 Å². The van der Waals surface area contributed by atoms with E-state index in [1.165, 1.54) is 0 Å². The van der Waals surface area contributed by atoms with Crippen molar-refractivity contribution in [2.45, 2.75) is 44.6 Å². The highest BCUT2D eigenvalue weighted by Crippen LogP contribution is 2.31. The highest BCUT2D eigenvalue weighted by molar-refractivity contribution is 6.34. The summed E-state index contributed by atoms with van der Waals surface area (Å²) in [6.07, 6.45) is 3.40. The second-order valence-corrected chi connectivity index (χ2v) is 6.33. The summed E-state index contributed by atoms with van der Waals surface area (Å²) in [5, 5.41) is 0.422. The SMILES string of the molecule is O=C(O[C@H]1CCCCC1=O)c1ccc(Cl)c(N2CCCC2=O)c1. The zero-order chi connectivity index (χ0) is 16.4. The molecule has 0 N–H and O–H groups in total. The number of rotatable bonds is 3. The summed E-state index contributed by atoms with van der Waals surface area (Å²) in [5.74, 6) is -0.566. The molecule has 1 saturated carbocycles. The number of halogens is 1.